The van der Waals surface area contributed by atoms with Gasteiger partial charge in [-0.1, -0.05) is 31.5 Å². The molecule has 0 fully saturated rings. The Morgan fingerprint density at radius 1 is 1.21 bits per heavy atom. The second kappa shape index (κ2) is 6.44. The first-order chi connectivity index (χ1) is 6.83. The molecule has 0 aromatic heterocycles. The summed E-state index contributed by atoms with van der Waals surface area (Å²) in [6, 6.07) is 9.69. The van der Waals surface area contributed by atoms with Crippen molar-refractivity contribution in [3.8, 4) is 5.75 Å². The molecule has 0 aliphatic rings. The van der Waals surface area contributed by atoms with E-state index in [2.05, 4.69) is 6.92 Å². The van der Waals surface area contributed by atoms with Crippen LogP contribution in [0.15, 0.2) is 30.3 Å². The predicted octanol–water partition coefficient (Wildman–Crippen LogP) is 2.62. The van der Waals surface area contributed by atoms with E-state index in [0.29, 0.717) is 13.0 Å². The normalized spacial score (nSPS) is 12.4. The molecule has 0 unspecified atom stereocenters. The molecule has 0 saturated carbocycles. The Kier molecular flexibility index (Phi) is 5.08. The smallest absolute Gasteiger partial charge is 0.119 e. The Bertz CT molecular complexity index is 233. The van der Waals surface area contributed by atoms with E-state index in [1.54, 1.807) is 0 Å². The number of ether oxygens (including phenoxy) is 1. The van der Waals surface area contributed by atoms with Gasteiger partial charge in [-0.25, -0.2) is 0 Å². The van der Waals surface area contributed by atoms with Crippen molar-refractivity contribution in [3.63, 3.8) is 0 Å². The van der Waals surface area contributed by atoms with Gasteiger partial charge in [-0.2, -0.15) is 0 Å². The van der Waals surface area contributed by atoms with Gasteiger partial charge in [0.15, 0.2) is 0 Å². The van der Waals surface area contributed by atoms with E-state index in [4.69, 9.17) is 4.74 Å². The van der Waals surface area contributed by atoms with E-state index in [1.165, 1.54) is 0 Å². The summed E-state index contributed by atoms with van der Waals surface area (Å²) in [4.78, 5) is 0. The van der Waals surface area contributed by atoms with E-state index in [-0.39, 0.29) is 6.10 Å². The molecule has 0 radical (unpaired) electrons. The van der Waals surface area contributed by atoms with Crippen LogP contribution in [0.25, 0.3) is 0 Å². The van der Waals surface area contributed by atoms with Gasteiger partial charge in [0.05, 0.1) is 12.7 Å². The number of aliphatic hydroxyl groups is 1. The van der Waals surface area contributed by atoms with E-state index >= 15 is 0 Å². The topological polar surface area (TPSA) is 29.5 Å². The molecule has 1 aromatic rings. The Balaban J connectivity index is 2.16. The van der Waals surface area contributed by atoms with Gasteiger partial charge in [-0.15, -0.1) is 0 Å². The van der Waals surface area contributed by atoms with Crippen molar-refractivity contribution < 1.29 is 9.84 Å². The molecule has 0 spiro atoms. The highest BCUT2D eigenvalue weighted by Gasteiger charge is 2.02. The SMILES string of the molecule is CCC[C@H](O)CCOc1ccccc1. The number of hydrogen-bond acceptors (Lipinski definition) is 2. The van der Waals surface area contributed by atoms with Crippen LogP contribution >= 0.6 is 0 Å². The van der Waals surface area contributed by atoms with Crippen molar-refractivity contribution in [2.75, 3.05) is 6.61 Å². The summed E-state index contributed by atoms with van der Waals surface area (Å²) in [5, 5.41) is 9.45. The molecule has 0 aliphatic carbocycles. The van der Waals surface area contributed by atoms with Crippen LogP contribution in [0, 0.1) is 0 Å². The maximum atomic E-state index is 9.45. The fourth-order valence-electron chi connectivity index (χ4n) is 1.31. The molecule has 14 heavy (non-hydrogen) atoms. The molecule has 2 heteroatoms. The third-order valence-electron chi connectivity index (χ3n) is 2.08. The number of para-hydroxylation sites is 1. The number of rotatable bonds is 6. The van der Waals surface area contributed by atoms with Crippen molar-refractivity contribution in [2.24, 2.45) is 0 Å². The first kappa shape index (κ1) is 11.1. The molecule has 2 nitrogen and oxygen atoms in total. The molecule has 1 N–H and O–H groups in total. The van der Waals surface area contributed by atoms with Crippen molar-refractivity contribution in [3.05, 3.63) is 30.3 Å². The van der Waals surface area contributed by atoms with Gasteiger partial charge >= 0.3 is 0 Å². The summed E-state index contributed by atoms with van der Waals surface area (Å²) in [6.07, 6.45) is 2.37. The van der Waals surface area contributed by atoms with Crippen LogP contribution in [0.4, 0.5) is 0 Å². The van der Waals surface area contributed by atoms with Gasteiger partial charge in [0.2, 0.25) is 0 Å². The zero-order chi connectivity index (χ0) is 10.2. The number of aliphatic hydroxyl groups excluding tert-OH is 1. The van der Waals surface area contributed by atoms with Crippen LogP contribution in [0.2, 0.25) is 0 Å². The van der Waals surface area contributed by atoms with Crippen LogP contribution in [-0.4, -0.2) is 17.8 Å². The highest BCUT2D eigenvalue weighted by atomic mass is 16.5. The fraction of sp³-hybridized carbons (Fsp3) is 0.500. The average molecular weight is 194 g/mol. The lowest BCUT2D eigenvalue weighted by atomic mass is 10.1. The summed E-state index contributed by atoms with van der Waals surface area (Å²) < 4.78 is 5.46. The molecule has 0 heterocycles. The zero-order valence-corrected chi connectivity index (χ0v) is 8.65. The summed E-state index contributed by atoms with van der Waals surface area (Å²) in [7, 11) is 0. The van der Waals surface area contributed by atoms with Crippen molar-refractivity contribution >= 4 is 0 Å². The van der Waals surface area contributed by atoms with Crippen molar-refractivity contribution in [1.29, 1.82) is 0 Å². The van der Waals surface area contributed by atoms with E-state index in [0.717, 1.165) is 18.6 Å². The summed E-state index contributed by atoms with van der Waals surface area (Å²) in [6.45, 7) is 2.66. The van der Waals surface area contributed by atoms with E-state index in [9.17, 15) is 5.11 Å². The largest absolute Gasteiger partial charge is 0.493 e. The minimum absolute atomic E-state index is 0.219. The van der Waals surface area contributed by atoms with E-state index < -0.39 is 0 Å². The minimum Gasteiger partial charge on any atom is -0.493 e. The fourth-order valence-corrected chi connectivity index (χ4v) is 1.31. The molecule has 0 bridgehead atoms. The molecule has 1 rings (SSSR count). The molecule has 0 amide bonds. The lowest BCUT2D eigenvalue weighted by Gasteiger charge is -2.10. The highest BCUT2D eigenvalue weighted by molar-refractivity contribution is 5.20. The first-order valence-corrected chi connectivity index (χ1v) is 5.19. The highest BCUT2D eigenvalue weighted by Crippen LogP contribution is 2.09. The monoisotopic (exact) mass is 194 g/mol. The van der Waals surface area contributed by atoms with Gasteiger partial charge in [-0.05, 0) is 18.6 Å². The van der Waals surface area contributed by atoms with Crippen LogP contribution in [0.5, 0.6) is 5.75 Å². The second-order valence-electron chi connectivity index (χ2n) is 3.39. The summed E-state index contributed by atoms with van der Waals surface area (Å²) in [5.74, 6) is 0.871. The Morgan fingerprint density at radius 2 is 1.93 bits per heavy atom. The van der Waals surface area contributed by atoms with Crippen LogP contribution in [-0.2, 0) is 0 Å². The minimum atomic E-state index is -0.219. The van der Waals surface area contributed by atoms with Crippen molar-refractivity contribution in [2.45, 2.75) is 32.3 Å². The van der Waals surface area contributed by atoms with E-state index in [1.807, 2.05) is 30.3 Å². The molecule has 0 aliphatic heterocycles. The lowest BCUT2D eigenvalue weighted by Crippen LogP contribution is -2.11. The van der Waals surface area contributed by atoms with Gasteiger partial charge in [0.1, 0.15) is 5.75 Å². The van der Waals surface area contributed by atoms with Crippen LogP contribution < -0.4 is 4.74 Å². The zero-order valence-electron chi connectivity index (χ0n) is 8.65. The van der Waals surface area contributed by atoms with Crippen molar-refractivity contribution in [1.82, 2.24) is 0 Å². The van der Waals surface area contributed by atoms with Gasteiger partial charge in [0.25, 0.3) is 0 Å². The molecular weight excluding hydrogens is 176 g/mol. The number of hydrogen-bond donors (Lipinski definition) is 1. The standard InChI is InChI=1S/C12H18O2/c1-2-6-11(13)9-10-14-12-7-4-3-5-8-12/h3-5,7-8,11,13H,2,6,9-10H2,1H3/t11-/m0/s1. The van der Waals surface area contributed by atoms with Gasteiger partial charge < -0.3 is 9.84 Å². The lowest BCUT2D eigenvalue weighted by molar-refractivity contribution is 0.130. The first-order valence-electron chi connectivity index (χ1n) is 5.19. The molecule has 1 atom stereocenters. The Labute approximate surface area is 85.5 Å². The molecular formula is C12H18O2. The Hall–Kier alpha value is -1.02. The second-order valence-corrected chi connectivity index (χ2v) is 3.39. The van der Waals surface area contributed by atoms with Gasteiger partial charge in [0, 0.05) is 6.42 Å². The molecule has 1 aromatic carbocycles. The summed E-state index contributed by atoms with van der Waals surface area (Å²) in [5.41, 5.74) is 0. The maximum Gasteiger partial charge on any atom is 0.119 e. The predicted molar refractivity (Wildman–Crippen MR) is 57.5 cm³/mol. The molecule has 78 valence electrons. The van der Waals surface area contributed by atoms with Gasteiger partial charge in [-0.3, -0.25) is 0 Å². The molecule has 0 saturated heterocycles. The maximum absolute atomic E-state index is 9.45. The number of benzene rings is 1. The summed E-state index contributed by atoms with van der Waals surface area (Å²) >= 11 is 0. The van der Waals surface area contributed by atoms with Crippen LogP contribution in [0.1, 0.15) is 26.2 Å². The quantitative estimate of drug-likeness (QED) is 0.754. The third-order valence-corrected chi connectivity index (χ3v) is 2.08. The third kappa shape index (κ3) is 4.28. The Morgan fingerprint density at radius 3 is 2.57 bits per heavy atom. The van der Waals surface area contributed by atoms with Crippen LogP contribution in [0.3, 0.4) is 0 Å². The average Bonchev–Trinajstić information content (AvgIpc) is 2.20.